The summed E-state index contributed by atoms with van der Waals surface area (Å²) in [5, 5.41) is 5.79. The minimum absolute atomic E-state index is 0.0306. The lowest BCUT2D eigenvalue weighted by Crippen LogP contribution is -2.28. The van der Waals surface area contributed by atoms with E-state index in [1.165, 1.54) is 5.56 Å². The summed E-state index contributed by atoms with van der Waals surface area (Å²) in [6.07, 6.45) is 3.16. The molecule has 0 radical (unpaired) electrons. The third-order valence-electron chi connectivity index (χ3n) is 3.84. The molecule has 5 nitrogen and oxygen atoms in total. The Bertz CT molecular complexity index is 522. The summed E-state index contributed by atoms with van der Waals surface area (Å²) in [5.41, 5.74) is 2.36. The zero-order valence-corrected chi connectivity index (χ0v) is 14.1. The van der Waals surface area contributed by atoms with E-state index in [-0.39, 0.29) is 17.7 Å². The lowest BCUT2D eigenvalue weighted by molar-refractivity contribution is -0.123. The highest BCUT2D eigenvalue weighted by atomic mass is 16.2. The normalized spacial score (nSPS) is 13.9. The second-order valence-electron chi connectivity index (χ2n) is 6.50. The van der Waals surface area contributed by atoms with Gasteiger partial charge in [-0.25, -0.2) is 0 Å². The van der Waals surface area contributed by atoms with E-state index in [1.807, 2.05) is 14.1 Å². The highest BCUT2D eigenvalue weighted by molar-refractivity contribution is 5.81. The maximum absolute atomic E-state index is 11.8. The first-order chi connectivity index (χ1) is 11.0. The Hall–Kier alpha value is -1.88. The summed E-state index contributed by atoms with van der Waals surface area (Å²) in [4.78, 5) is 25.4. The van der Waals surface area contributed by atoms with Crippen LogP contribution >= 0.6 is 0 Å². The fourth-order valence-electron chi connectivity index (χ4n) is 2.37. The van der Waals surface area contributed by atoms with Gasteiger partial charge in [-0.3, -0.25) is 9.59 Å². The molecule has 1 aliphatic carbocycles. The molecule has 23 heavy (non-hydrogen) atoms. The first kappa shape index (κ1) is 17.5. The van der Waals surface area contributed by atoms with E-state index < -0.39 is 0 Å². The average molecular weight is 317 g/mol. The number of nitrogens with one attached hydrogen (secondary N) is 2. The SMILES string of the molecule is CN(C)Cc1ccc(CNC(=O)CCCNC(=O)C2CC2)cc1. The van der Waals surface area contributed by atoms with Gasteiger partial charge in [-0.1, -0.05) is 24.3 Å². The molecule has 0 aromatic heterocycles. The van der Waals surface area contributed by atoms with Gasteiger partial charge in [0.1, 0.15) is 0 Å². The van der Waals surface area contributed by atoms with Crippen LogP contribution in [0.5, 0.6) is 0 Å². The Balaban J connectivity index is 1.59. The van der Waals surface area contributed by atoms with Crippen LogP contribution < -0.4 is 10.6 Å². The number of hydrogen-bond donors (Lipinski definition) is 2. The Labute approximate surface area is 138 Å². The van der Waals surface area contributed by atoms with Gasteiger partial charge >= 0.3 is 0 Å². The second-order valence-corrected chi connectivity index (χ2v) is 6.50. The first-order valence-corrected chi connectivity index (χ1v) is 8.31. The molecule has 126 valence electrons. The van der Waals surface area contributed by atoms with Gasteiger partial charge in [-0.05, 0) is 44.5 Å². The highest BCUT2D eigenvalue weighted by Gasteiger charge is 2.28. The number of hydrogen-bond acceptors (Lipinski definition) is 3. The quantitative estimate of drug-likeness (QED) is 0.681. The molecule has 0 atom stereocenters. The number of rotatable bonds is 9. The van der Waals surface area contributed by atoms with Crippen LogP contribution in [0.4, 0.5) is 0 Å². The Kier molecular flexibility index (Phi) is 6.59. The van der Waals surface area contributed by atoms with Crippen LogP contribution in [0.1, 0.15) is 36.8 Å². The van der Waals surface area contributed by atoms with Crippen molar-refractivity contribution in [1.29, 1.82) is 0 Å². The molecule has 1 fully saturated rings. The fraction of sp³-hybridized carbons (Fsp3) is 0.556. The molecule has 2 rings (SSSR count). The summed E-state index contributed by atoms with van der Waals surface area (Å²) in [6, 6.07) is 8.29. The lowest BCUT2D eigenvalue weighted by Gasteiger charge is -2.10. The van der Waals surface area contributed by atoms with Crippen molar-refractivity contribution in [2.24, 2.45) is 5.92 Å². The van der Waals surface area contributed by atoms with Crippen molar-refractivity contribution in [3.63, 3.8) is 0 Å². The number of carbonyl (C=O) groups is 2. The van der Waals surface area contributed by atoms with Crippen molar-refractivity contribution in [1.82, 2.24) is 15.5 Å². The van der Waals surface area contributed by atoms with E-state index in [0.717, 1.165) is 24.9 Å². The summed E-state index contributed by atoms with van der Waals surface area (Å²) in [6.45, 7) is 2.05. The summed E-state index contributed by atoms with van der Waals surface area (Å²) >= 11 is 0. The summed E-state index contributed by atoms with van der Waals surface area (Å²) in [7, 11) is 4.09. The monoisotopic (exact) mass is 317 g/mol. The molecule has 2 amide bonds. The van der Waals surface area contributed by atoms with E-state index in [4.69, 9.17) is 0 Å². The van der Waals surface area contributed by atoms with Crippen LogP contribution in [0.3, 0.4) is 0 Å². The van der Waals surface area contributed by atoms with Crippen LogP contribution in [0.15, 0.2) is 24.3 Å². The Morgan fingerprint density at radius 2 is 1.74 bits per heavy atom. The Morgan fingerprint density at radius 1 is 1.09 bits per heavy atom. The van der Waals surface area contributed by atoms with Gasteiger partial charge < -0.3 is 15.5 Å². The number of benzene rings is 1. The van der Waals surface area contributed by atoms with Gasteiger partial charge in [0.05, 0.1) is 0 Å². The van der Waals surface area contributed by atoms with Crippen LogP contribution in [0.2, 0.25) is 0 Å². The predicted octanol–water partition coefficient (Wildman–Crippen LogP) is 1.67. The fourth-order valence-corrected chi connectivity index (χ4v) is 2.37. The minimum atomic E-state index is 0.0306. The molecule has 1 aliphatic rings. The van der Waals surface area contributed by atoms with Gasteiger partial charge in [-0.15, -0.1) is 0 Å². The van der Waals surface area contributed by atoms with Gasteiger partial charge in [0.15, 0.2) is 0 Å². The smallest absolute Gasteiger partial charge is 0.223 e. The molecular formula is C18H27N3O2. The summed E-state index contributed by atoms with van der Waals surface area (Å²) < 4.78 is 0. The Morgan fingerprint density at radius 3 is 2.35 bits per heavy atom. The van der Waals surface area contributed by atoms with Crippen LogP contribution in [-0.2, 0) is 22.7 Å². The molecular weight excluding hydrogens is 290 g/mol. The summed E-state index contributed by atoms with van der Waals surface area (Å²) in [5.74, 6) is 0.408. The molecule has 1 saturated carbocycles. The van der Waals surface area contributed by atoms with Crippen LogP contribution in [0, 0.1) is 5.92 Å². The zero-order valence-electron chi connectivity index (χ0n) is 14.1. The lowest BCUT2D eigenvalue weighted by atomic mass is 10.1. The maximum atomic E-state index is 11.8. The van der Waals surface area contributed by atoms with Crippen LogP contribution in [0.25, 0.3) is 0 Å². The predicted molar refractivity (Wildman–Crippen MR) is 90.6 cm³/mol. The van der Waals surface area contributed by atoms with Crippen molar-refractivity contribution in [3.05, 3.63) is 35.4 Å². The molecule has 0 spiro atoms. The number of nitrogens with zero attached hydrogens (tertiary/aromatic N) is 1. The zero-order chi connectivity index (χ0) is 16.7. The van der Waals surface area contributed by atoms with Gasteiger partial charge in [-0.2, -0.15) is 0 Å². The van der Waals surface area contributed by atoms with E-state index in [2.05, 4.69) is 39.8 Å². The topological polar surface area (TPSA) is 61.4 Å². The van der Waals surface area contributed by atoms with E-state index in [1.54, 1.807) is 0 Å². The van der Waals surface area contributed by atoms with Gasteiger partial charge in [0, 0.05) is 32.0 Å². The molecule has 5 heteroatoms. The van der Waals surface area contributed by atoms with E-state index >= 15 is 0 Å². The molecule has 1 aromatic rings. The number of amides is 2. The second kappa shape index (κ2) is 8.67. The van der Waals surface area contributed by atoms with E-state index in [0.29, 0.717) is 25.9 Å². The van der Waals surface area contributed by atoms with Crippen LogP contribution in [-0.4, -0.2) is 37.4 Å². The van der Waals surface area contributed by atoms with Crippen molar-refractivity contribution >= 4 is 11.8 Å². The molecule has 0 heterocycles. The largest absolute Gasteiger partial charge is 0.356 e. The first-order valence-electron chi connectivity index (χ1n) is 8.31. The van der Waals surface area contributed by atoms with Crippen molar-refractivity contribution in [3.8, 4) is 0 Å². The van der Waals surface area contributed by atoms with Crippen molar-refractivity contribution in [2.45, 2.75) is 38.8 Å². The third kappa shape index (κ3) is 6.82. The minimum Gasteiger partial charge on any atom is -0.356 e. The third-order valence-corrected chi connectivity index (χ3v) is 3.84. The maximum Gasteiger partial charge on any atom is 0.223 e. The number of carbonyl (C=O) groups excluding carboxylic acids is 2. The molecule has 0 unspecified atom stereocenters. The van der Waals surface area contributed by atoms with Gasteiger partial charge in [0.2, 0.25) is 11.8 Å². The molecule has 0 saturated heterocycles. The molecule has 2 N–H and O–H groups in total. The molecule has 0 aliphatic heterocycles. The van der Waals surface area contributed by atoms with Crippen molar-refractivity contribution < 1.29 is 9.59 Å². The molecule has 1 aromatic carbocycles. The van der Waals surface area contributed by atoms with Crippen molar-refractivity contribution in [2.75, 3.05) is 20.6 Å². The molecule has 0 bridgehead atoms. The average Bonchev–Trinajstić information content (AvgIpc) is 3.35. The standard InChI is InChI=1S/C18H27N3O2/c1-21(2)13-15-7-5-14(6-8-15)12-20-17(22)4-3-11-19-18(23)16-9-10-16/h5-8,16H,3-4,9-13H2,1-2H3,(H,19,23)(H,20,22). The van der Waals surface area contributed by atoms with E-state index in [9.17, 15) is 9.59 Å². The highest BCUT2D eigenvalue weighted by Crippen LogP contribution is 2.28. The van der Waals surface area contributed by atoms with Gasteiger partial charge in [0.25, 0.3) is 0 Å².